The Morgan fingerprint density at radius 1 is 1.04 bits per heavy atom. The zero-order valence-corrected chi connectivity index (χ0v) is 18.6. The number of hydrogen-bond donors (Lipinski definition) is 0. The molecule has 0 rings (SSSR count). The fraction of sp³-hybridized carbons (Fsp3) is 0.944. The van der Waals surface area contributed by atoms with Gasteiger partial charge in [0.15, 0.2) is 8.32 Å². The Balaban J connectivity index is 3.55. The van der Waals surface area contributed by atoms with Crippen molar-refractivity contribution in [2.45, 2.75) is 96.9 Å². The minimum absolute atomic E-state index is 0.0329. The molecule has 0 amide bonds. The molecular weight excluding hydrogens is 372 g/mol. The molecule has 0 saturated heterocycles. The van der Waals surface area contributed by atoms with Gasteiger partial charge in [-0.25, -0.2) is 0 Å². The first kappa shape index (κ1) is 23.1. The monoisotopic (exact) mass is 408 g/mol. The number of unbranched alkanes of at least 4 members (excludes halogenated alkanes) is 5. The SMILES string of the molecule is CC(=O)OC(CBr)CCCCCCCCO[Si](C)(C)C(C)(C)C. The van der Waals surface area contributed by atoms with Gasteiger partial charge in [-0.1, -0.05) is 62.4 Å². The maximum absolute atomic E-state index is 10.9. The summed E-state index contributed by atoms with van der Waals surface area (Å²) in [6, 6.07) is 0. The number of carbonyl (C=O) groups is 1. The Kier molecular flexibility index (Phi) is 11.7. The fourth-order valence-corrected chi connectivity index (χ4v) is 3.67. The predicted molar refractivity (Wildman–Crippen MR) is 105 cm³/mol. The van der Waals surface area contributed by atoms with Crippen LogP contribution in [0.1, 0.15) is 72.6 Å². The first-order valence-corrected chi connectivity index (χ1v) is 13.0. The maximum Gasteiger partial charge on any atom is 0.302 e. The minimum atomic E-state index is -1.56. The van der Waals surface area contributed by atoms with Crippen LogP contribution >= 0.6 is 15.9 Å². The van der Waals surface area contributed by atoms with Gasteiger partial charge < -0.3 is 9.16 Å². The number of halogens is 1. The van der Waals surface area contributed by atoms with E-state index in [9.17, 15) is 4.79 Å². The van der Waals surface area contributed by atoms with Crippen molar-refractivity contribution >= 4 is 30.2 Å². The van der Waals surface area contributed by atoms with Gasteiger partial charge in [-0.2, -0.15) is 0 Å². The van der Waals surface area contributed by atoms with E-state index < -0.39 is 8.32 Å². The number of alkyl halides is 1. The van der Waals surface area contributed by atoms with Crippen LogP contribution in [0.25, 0.3) is 0 Å². The highest BCUT2D eigenvalue weighted by molar-refractivity contribution is 9.09. The molecule has 3 nitrogen and oxygen atoms in total. The summed E-state index contributed by atoms with van der Waals surface area (Å²) in [5.41, 5.74) is 0. The topological polar surface area (TPSA) is 35.5 Å². The third-order valence-corrected chi connectivity index (χ3v) is 9.95. The van der Waals surface area contributed by atoms with Crippen molar-refractivity contribution in [3.05, 3.63) is 0 Å². The van der Waals surface area contributed by atoms with Crippen molar-refractivity contribution in [2.24, 2.45) is 0 Å². The highest BCUT2D eigenvalue weighted by Gasteiger charge is 2.36. The summed E-state index contributed by atoms with van der Waals surface area (Å²) in [6.07, 6.45) is 8.29. The predicted octanol–water partition coefficient (Wildman–Crippen LogP) is 6.07. The summed E-state index contributed by atoms with van der Waals surface area (Å²) in [5, 5.41) is 1.04. The second-order valence-electron chi connectivity index (χ2n) is 7.90. The lowest BCUT2D eigenvalue weighted by molar-refractivity contribution is -0.145. The van der Waals surface area contributed by atoms with Crippen molar-refractivity contribution in [3.63, 3.8) is 0 Å². The Morgan fingerprint density at radius 3 is 2.04 bits per heavy atom. The van der Waals surface area contributed by atoms with Crippen molar-refractivity contribution in [2.75, 3.05) is 11.9 Å². The van der Waals surface area contributed by atoms with Crippen LogP contribution in [0.2, 0.25) is 18.1 Å². The van der Waals surface area contributed by atoms with E-state index in [2.05, 4.69) is 49.8 Å². The van der Waals surface area contributed by atoms with Gasteiger partial charge in [0.1, 0.15) is 6.10 Å². The van der Waals surface area contributed by atoms with Crippen LogP contribution in [-0.4, -0.2) is 32.3 Å². The zero-order valence-electron chi connectivity index (χ0n) is 16.0. The number of esters is 1. The lowest BCUT2D eigenvalue weighted by Crippen LogP contribution is -2.40. The number of carbonyl (C=O) groups excluding carboxylic acids is 1. The first-order chi connectivity index (χ1) is 10.6. The lowest BCUT2D eigenvalue weighted by atomic mass is 10.1. The van der Waals surface area contributed by atoms with Crippen molar-refractivity contribution in [1.29, 1.82) is 0 Å². The van der Waals surface area contributed by atoms with Crippen molar-refractivity contribution < 1.29 is 14.0 Å². The average Bonchev–Trinajstić information content (AvgIpc) is 2.42. The van der Waals surface area contributed by atoms with Crippen LogP contribution < -0.4 is 0 Å². The Bertz CT molecular complexity index is 327. The third-order valence-electron chi connectivity index (χ3n) is 4.69. The Labute approximate surface area is 153 Å². The molecule has 23 heavy (non-hydrogen) atoms. The van der Waals surface area contributed by atoms with Gasteiger partial charge in [0.2, 0.25) is 0 Å². The van der Waals surface area contributed by atoms with E-state index >= 15 is 0 Å². The van der Waals surface area contributed by atoms with Crippen LogP contribution in [0, 0.1) is 0 Å². The molecule has 0 aromatic rings. The van der Waals surface area contributed by atoms with E-state index in [0.29, 0.717) is 5.04 Å². The molecule has 0 bridgehead atoms. The minimum Gasteiger partial charge on any atom is -0.462 e. The molecule has 1 atom stereocenters. The Hall–Kier alpha value is 0.127. The van der Waals surface area contributed by atoms with Gasteiger partial charge in [0, 0.05) is 18.9 Å². The van der Waals surface area contributed by atoms with Crippen LogP contribution in [0.15, 0.2) is 0 Å². The van der Waals surface area contributed by atoms with Crippen molar-refractivity contribution in [3.8, 4) is 0 Å². The van der Waals surface area contributed by atoms with Crippen LogP contribution in [0.4, 0.5) is 0 Å². The highest BCUT2D eigenvalue weighted by Crippen LogP contribution is 2.36. The molecule has 0 fully saturated rings. The molecule has 0 aromatic heterocycles. The molecule has 0 saturated carbocycles. The van der Waals surface area contributed by atoms with Gasteiger partial charge in [0.25, 0.3) is 0 Å². The molecule has 1 unspecified atom stereocenters. The van der Waals surface area contributed by atoms with Gasteiger partial charge in [-0.3, -0.25) is 4.79 Å². The highest BCUT2D eigenvalue weighted by atomic mass is 79.9. The first-order valence-electron chi connectivity index (χ1n) is 8.97. The normalized spacial score (nSPS) is 13.9. The van der Waals surface area contributed by atoms with E-state index in [0.717, 1.165) is 24.8 Å². The largest absolute Gasteiger partial charge is 0.462 e. The summed E-state index contributed by atoms with van der Waals surface area (Å²) in [4.78, 5) is 10.9. The molecule has 0 aliphatic rings. The Morgan fingerprint density at radius 2 is 1.57 bits per heavy atom. The van der Waals surface area contributed by atoms with Crippen LogP contribution in [0.3, 0.4) is 0 Å². The molecular formula is C18H37BrO3Si. The lowest BCUT2D eigenvalue weighted by Gasteiger charge is -2.36. The van der Waals surface area contributed by atoms with Gasteiger partial charge in [0.05, 0.1) is 0 Å². The van der Waals surface area contributed by atoms with E-state index in [1.165, 1.54) is 39.0 Å². The molecule has 0 aliphatic heterocycles. The molecule has 138 valence electrons. The van der Waals surface area contributed by atoms with Crippen LogP contribution in [-0.2, 0) is 14.0 Å². The van der Waals surface area contributed by atoms with E-state index in [4.69, 9.17) is 9.16 Å². The quantitative estimate of drug-likeness (QED) is 0.170. The number of hydrogen-bond acceptors (Lipinski definition) is 3. The second-order valence-corrected chi connectivity index (χ2v) is 13.4. The molecule has 0 aliphatic carbocycles. The van der Waals surface area contributed by atoms with E-state index in [1.807, 2.05) is 0 Å². The number of rotatable bonds is 12. The second kappa shape index (κ2) is 11.6. The van der Waals surface area contributed by atoms with Crippen molar-refractivity contribution in [1.82, 2.24) is 0 Å². The summed E-state index contributed by atoms with van der Waals surface area (Å²) < 4.78 is 11.4. The van der Waals surface area contributed by atoms with E-state index in [1.54, 1.807) is 0 Å². The summed E-state index contributed by atoms with van der Waals surface area (Å²) in [7, 11) is -1.56. The molecule has 0 heterocycles. The summed E-state index contributed by atoms with van der Waals surface area (Å²) in [6.45, 7) is 13.9. The molecule has 0 aromatic carbocycles. The molecule has 0 radical (unpaired) electrons. The number of ether oxygens (including phenoxy) is 1. The van der Waals surface area contributed by atoms with E-state index in [-0.39, 0.29) is 12.1 Å². The maximum atomic E-state index is 10.9. The van der Waals surface area contributed by atoms with Gasteiger partial charge in [-0.15, -0.1) is 0 Å². The molecule has 0 spiro atoms. The average molecular weight is 409 g/mol. The third kappa shape index (κ3) is 11.3. The zero-order chi connectivity index (χ0) is 17.9. The molecule has 0 N–H and O–H groups in total. The summed E-state index contributed by atoms with van der Waals surface area (Å²) >= 11 is 3.40. The van der Waals surface area contributed by atoms with Gasteiger partial charge >= 0.3 is 5.97 Å². The van der Waals surface area contributed by atoms with Gasteiger partial charge in [-0.05, 0) is 37.4 Å². The fourth-order valence-electron chi connectivity index (χ4n) is 2.13. The van der Waals surface area contributed by atoms with Crippen LogP contribution in [0.5, 0.6) is 0 Å². The smallest absolute Gasteiger partial charge is 0.302 e. The summed E-state index contributed by atoms with van der Waals surface area (Å²) in [5.74, 6) is -0.184. The standard InChI is InChI=1S/C18H37BrO3Si/c1-16(20)22-17(15-19)13-11-9-7-8-10-12-14-21-23(5,6)18(2,3)4/h17H,7-15H2,1-6H3. The molecule has 5 heteroatoms.